The molecule has 0 saturated heterocycles. The summed E-state index contributed by atoms with van der Waals surface area (Å²) >= 11 is 0. The molecule has 0 fully saturated rings. The minimum Gasteiger partial charge on any atom is -0.478 e. The number of nitrogens with one attached hydrogen (secondary N) is 2. The smallest absolute Gasteiger partial charge is 0.335 e. The van der Waals surface area contributed by atoms with Gasteiger partial charge in [0, 0.05) is 18.7 Å². The van der Waals surface area contributed by atoms with E-state index in [0.717, 1.165) is 30.6 Å². The lowest BCUT2D eigenvalue weighted by molar-refractivity contribution is 0.0696. The molecule has 0 radical (unpaired) electrons. The number of hydrogen-bond donors (Lipinski definition) is 3. The predicted octanol–water partition coefficient (Wildman–Crippen LogP) is 3.81. The lowest BCUT2D eigenvalue weighted by Gasteiger charge is -2.18. The number of fused-ring (bicyclic) bond motifs is 1. The zero-order chi connectivity index (χ0) is 21.5. The van der Waals surface area contributed by atoms with Crippen LogP contribution in [0.15, 0.2) is 60.7 Å². The van der Waals surface area contributed by atoms with Gasteiger partial charge in [0.1, 0.15) is 0 Å². The van der Waals surface area contributed by atoms with E-state index in [1.807, 2.05) is 6.07 Å². The molecule has 30 heavy (non-hydrogen) atoms. The summed E-state index contributed by atoms with van der Waals surface area (Å²) in [5.74, 6) is -1.33. The van der Waals surface area contributed by atoms with Gasteiger partial charge in [-0.15, -0.1) is 0 Å². The summed E-state index contributed by atoms with van der Waals surface area (Å²) in [4.78, 5) is 25.4. The Labute approximate surface area is 176 Å². The second-order valence-corrected chi connectivity index (χ2v) is 7.17. The van der Waals surface area contributed by atoms with Crippen molar-refractivity contribution >= 4 is 22.6 Å². The fourth-order valence-electron chi connectivity index (χ4n) is 3.32. The molecule has 0 aromatic heterocycles. The van der Waals surface area contributed by atoms with Gasteiger partial charge in [-0.2, -0.15) is 0 Å². The summed E-state index contributed by atoms with van der Waals surface area (Å²) < 4.78 is 0. The van der Waals surface area contributed by atoms with Crippen molar-refractivity contribution in [2.75, 3.05) is 13.1 Å². The molecule has 0 unspecified atom stereocenters. The van der Waals surface area contributed by atoms with E-state index in [1.165, 1.54) is 35.2 Å². The second kappa shape index (κ2) is 10.0. The van der Waals surface area contributed by atoms with Gasteiger partial charge in [-0.3, -0.25) is 15.1 Å². The van der Waals surface area contributed by atoms with Gasteiger partial charge in [0.05, 0.1) is 5.56 Å². The summed E-state index contributed by atoms with van der Waals surface area (Å²) in [6.45, 7) is 7.85. The van der Waals surface area contributed by atoms with Gasteiger partial charge in [-0.05, 0) is 71.4 Å². The van der Waals surface area contributed by atoms with Crippen LogP contribution in [0.2, 0.25) is 0 Å². The second-order valence-electron chi connectivity index (χ2n) is 7.17. The quantitative estimate of drug-likeness (QED) is 0.472. The van der Waals surface area contributed by atoms with Gasteiger partial charge >= 0.3 is 5.97 Å². The van der Waals surface area contributed by atoms with E-state index in [2.05, 4.69) is 59.9 Å². The molecule has 6 nitrogen and oxygen atoms in total. The first kappa shape index (κ1) is 21.5. The Morgan fingerprint density at radius 1 is 0.833 bits per heavy atom. The van der Waals surface area contributed by atoms with Crippen molar-refractivity contribution in [2.24, 2.45) is 0 Å². The normalized spacial score (nSPS) is 11.0. The summed E-state index contributed by atoms with van der Waals surface area (Å²) in [7, 11) is 0. The molecule has 3 aromatic rings. The Kier molecular flexibility index (Phi) is 7.17. The van der Waals surface area contributed by atoms with Crippen molar-refractivity contribution in [3.8, 4) is 0 Å². The molecule has 3 N–H and O–H groups in total. The highest BCUT2D eigenvalue weighted by Gasteiger charge is 2.08. The van der Waals surface area contributed by atoms with Gasteiger partial charge in [-0.25, -0.2) is 10.2 Å². The van der Waals surface area contributed by atoms with Gasteiger partial charge in [0.25, 0.3) is 5.91 Å². The van der Waals surface area contributed by atoms with Gasteiger partial charge in [0.2, 0.25) is 0 Å². The van der Waals surface area contributed by atoms with Gasteiger partial charge in [0.15, 0.2) is 0 Å². The number of carbonyl (C=O) groups excluding carboxylic acids is 1. The van der Waals surface area contributed by atoms with Crippen LogP contribution < -0.4 is 10.9 Å². The lowest BCUT2D eigenvalue weighted by atomic mass is 10.0. The average molecular weight is 405 g/mol. The standard InChI is InChI=1S/C24H27N3O3/c1-3-27(4-2)16-18-6-8-21-13-17(5-7-22(21)14-18)15-25-26-23(28)19-9-11-20(12-10-19)24(29)30/h5-14,25H,3-4,15-16H2,1-2H3,(H,26,28)(H,29,30). The highest BCUT2D eigenvalue weighted by atomic mass is 16.4. The Morgan fingerprint density at radius 2 is 1.40 bits per heavy atom. The van der Waals surface area contributed by atoms with Crippen molar-refractivity contribution in [3.05, 3.63) is 82.9 Å². The molecule has 3 aromatic carbocycles. The maximum absolute atomic E-state index is 12.2. The minimum absolute atomic E-state index is 0.149. The Balaban J connectivity index is 1.58. The molecule has 0 aliphatic carbocycles. The van der Waals surface area contributed by atoms with E-state index in [1.54, 1.807) is 0 Å². The highest BCUT2D eigenvalue weighted by Crippen LogP contribution is 2.19. The van der Waals surface area contributed by atoms with Gasteiger partial charge in [-0.1, -0.05) is 38.1 Å². The molecule has 0 aliphatic heterocycles. The molecular weight excluding hydrogens is 378 g/mol. The van der Waals surface area contributed by atoms with Crippen LogP contribution in [0.4, 0.5) is 0 Å². The van der Waals surface area contributed by atoms with E-state index >= 15 is 0 Å². The number of hydrogen-bond acceptors (Lipinski definition) is 4. The molecule has 0 aliphatic rings. The number of carbonyl (C=O) groups is 2. The zero-order valence-corrected chi connectivity index (χ0v) is 17.3. The Bertz CT molecular complexity index is 1030. The van der Waals surface area contributed by atoms with Crippen molar-refractivity contribution in [2.45, 2.75) is 26.9 Å². The third-order valence-electron chi connectivity index (χ3n) is 5.16. The topological polar surface area (TPSA) is 81.7 Å². The maximum atomic E-state index is 12.2. The first-order chi connectivity index (χ1) is 14.5. The van der Waals surface area contributed by atoms with Crippen molar-refractivity contribution in [1.82, 2.24) is 15.8 Å². The van der Waals surface area contributed by atoms with Crippen LogP contribution in [-0.4, -0.2) is 35.0 Å². The molecule has 0 bridgehead atoms. The molecule has 156 valence electrons. The summed E-state index contributed by atoms with van der Waals surface area (Å²) in [5.41, 5.74) is 8.48. The summed E-state index contributed by atoms with van der Waals surface area (Å²) in [6.07, 6.45) is 0. The van der Waals surface area contributed by atoms with Crippen molar-refractivity contribution < 1.29 is 14.7 Å². The Hall–Kier alpha value is -3.22. The number of carboxylic acid groups (broad SMARTS) is 1. The van der Waals surface area contributed by atoms with Crippen LogP contribution >= 0.6 is 0 Å². The summed E-state index contributed by atoms with van der Waals surface area (Å²) in [5, 5.41) is 11.3. The Morgan fingerprint density at radius 3 is 2.00 bits per heavy atom. The van der Waals surface area contributed by atoms with Crippen LogP contribution in [0.1, 0.15) is 45.7 Å². The third-order valence-corrected chi connectivity index (χ3v) is 5.16. The van der Waals surface area contributed by atoms with E-state index in [9.17, 15) is 9.59 Å². The van der Waals surface area contributed by atoms with Gasteiger partial charge < -0.3 is 5.11 Å². The van der Waals surface area contributed by atoms with Crippen LogP contribution in [0.3, 0.4) is 0 Å². The van der Waals surface area contributed by atoms with E-state index < -0.39 is 5.97 Å². The minimum atomic E-state index is -1.02. The number of amides is 1. The number of benzene rings is 3. The number of carboxylic acids is 1. The number of rotatable bonds is 9. The molecule has 1 amide bonds. The van der Waals surface area contributed by atoms with Crippen LogP contribution in [0, 0.1) is 0 Å². The van der Waals surface area contributed by atoms with Crippen LogP contribution in [-0.2, 0) is 13.1 Å². The summed E-state index contributed by atoms with van der Waals surface area (Å²) in [6, 6.07) is 18.6. The largest absolute Gasteiger partial charge is 0.478 e. The fourth-order valence-corrected chi connectivity index (χ4v) is 3.32. The first-order valence-electron chi connectivity index (χ1n) is 10.1. The maximum Gasteiger partial charge on any atom is 0.335 e. The van der Waals surface area contributed by atoms with E-state index in [-0.39, 0.29) is 11.5 Å². The molecule has 0 spiro atoms. The fraction of sp³-hybridized carbons (Fsp3) is 0.250. The third kappa shape index (κ3) is 5.43. The highest BCUT2D eigenvalue weighted by molar-refractivity contribution is 5.95. The molecule has 0 heterocycles. The monoisotopic (exact) mass is 405 g/mol. The predicted molar refractivity (Wildman–Crippen MR) is 118 cm³/mol. The van der Waals surface area contributed by atoms with E-state index in [0.29, 0.717) is 12.1 Å². The molecular formula is C24H27N3O3. The number of aromatic carboxylic acids is 1. The average Bonchev–Trinajstić information content (AvgIpc) is 2.77. The molecule has 0 saturated carbocycles. The van der Waals surface area contributed by atoms with Crippen molar-refractivity contribution in [3.63, 3.8) is 0 Å². The van der Waals surface area contributed by atoms with Crippen LogP contribution in [0.5, 0.6) is 0 Å². The molecule has 3 rings (SSSR count). The lowest BCUT2D eigenvalue weighted by Crippen LogP contribution is -2.36. The van der Waals surface area contributed by atoms with E-state index in [4.69, 9.17) is 5.11 Å². The number of hydrazine groups is 1. The first-order valence-corrected chi connectivity index (χ1v) is 10.1. The number of nitrogens with zero attached hydrogens (tertiary/aromatic N) is 1. The zero-order valence-electron chi connectivity index (χ0n) is 17.3. The SMILES string of the molecule is CCN(CC)Cc1ccc2cc(CNNC(=O)c3ccc(C(=O)O)cc3)ccc2c1. The molecule has 6 heteroatoms. The molecule has 0 atom stereocenters. The van der Waals surface area contributed by atoms with Crippen molar-refractivity contribution in [1.29, 1.82) is 0 Å². The van der Waals surface area contributed by atoms with Crippen LogP contribution in [0.25, 0.3) is 10.8 Å².